The van der Waals surface area contributed by atoms with E-state index in [4.69, 9.17) is 14.2 Å². The number of aryl methyl sites for hydroxylation is 1. The van der Waals surface area contributed by atoms with E-state index in [-0.39, 0.29) is 59.6 Å². The van der Waals surface area contributed by atoms with E-state index in [0.29, 0.717) is 0 Å². The lowest BCUT2D eigenvalue weighted by molar-refractivity contribution is -0.137. The van der Waals surface area contributed by atoms with Gasteiger partial charge in [-0.1, -0.05) is 45.0 Å². The number of alkyl halides is 3. The van der Waals surface area contributed by atoms with E-state index in [1.165, 1.54) is 43.1 Å². The Kier molecular flexibility index (Phi) is 9.88. The molecule has 3 aromatic rings. The predicted molar refractivity (Wildman–Crippen MR) is 144 cm³/mol. The van der Waals surface area contributed by atoms with Crippen LogP contribution in [0, 0.1) is 0 Å². The molecule has 1 aromatic heterocycles. The van der Waals surface area contributed by atoms with Crippen LogP contribution in [0.15, 0.2) is 53.4 Å². The van der Waals surface area contributed by atoms with Gasteiger partial charge in [0.25, 0.3) is 10.0 Å². The smallest absolute Gasteiger partial charge is 0.416 e. The zero-order valence-corrected chi connectivity index (χ0v) is 23.8. The normalized spacial score (nSPS) is 12.5. The molecule has 1 heterocycles. The van der Waals surface area contributed by atoms with Gasteiger partial charge in [-0.15, -0.1) is 5.10 Å². The number of rotatable bonds is 12. The minimum atomic E-state index is -4.56. The second-order valence-corrected chi connectivity index (χ2v) is 11.8. The van der Waals surface area contributed by atoms with Crippen LogP contribution in [-0.2, 0) is 38.1 Å². The lowest BCUT2D eigenvalue weighted by Gasteiger charge is -2.26. The number of halogens is 3. The summed E-state index contributed by atoms with van der Waals surface area (Å²) in [4.78, 5) is -0.0202. The Morgan fingerprint density at radius 2 is 1.55 bits per heavy atom. The molecule has 0 aliphatic heterocycles. The highest BCUT2D eigenvalue weighted by molar-refractivity contribution is 7.92. The fraction of sp³-hybridized carbons (Fsp3) is 0.444. The molecule has 9 nitrogen and oxygen atoms in total. The minimum absolute atomic E-state index is 0.00464. The van der Waals surface area contributed by atoms with Gasteiger partial charge in [0, 0.05) is 14.2 Å². The standard InChI is InChI=1S/C27H34F3N3O6S/c1-26(2,3)20-10-12-22(13-11-20)40(35,36)33(18-38-17-16-37-5)25-23(24(31-32(25)4)39-15-14-34)19-6-8-21(9-7-19)27(28,29)30/h6-13,34H,14-18H2,1-5H3. The van der Waals surface area contributed by atoms with Gasteiger partial charge in [0.05, 0.1) is 35.8 Å². The van der Waals surface area contributed by atoms with Gasteiger partial charge >= 0.3 is 6.18 Å². The maximum atomic E-state index is 14.0. The van der Waals surface area contributed by atoms with Crippen LogP contribution in [0.25, 0.3) is 11.1 Å². The van der Waals surface area contributed by atoms with Crippen LogP contribution in [-0.4, -0.2) is 63.6 Å². The summed E-state index contributed by atoms with van der Waals surface area (Å²) in [5, 5.41) is 13.6. The molecule has 0 unspecified atom stereocenters. The molecule has 0 aliphatic carbocycles. The molecular formula is C27H34F3N3O6S. The SMILES string of the molecule is COCCOCN(c1c(-c2ccc(C(F)(F)F)cc2)c(OCCO)nn1C)S(=O)(=O)c1ccc(C(C)(C)C)cc1. The molecule has 0 aliphatic rings. The first-order valence-electron chi connectivity index (χ1n) is 12.4. The van der Waals surface area contributed by atoms with Crippen LogP contribution < -0.4 is 9.04 Å². The monoisotopic (exact) mass is 585 g/mol. The molecule has 0 amide bonds. The zero-order chi connectivity index (χ0) is 29.7. The molecule has 0 bridgehead atoms. The second kappa shape index (κ2) is 12.6. The summed E-state index contributed by atoms with van der Waals surface area (Å²) in [6, 6.07) is 10.7. The van der Waals surface area contributed by atoms with Gasteiger partial charge in [0.2, 0.25) is 5.88 Å². The Labute approximate surface area is 232 Å². The maximum Gasteiger partial charge on any atom is 0.416 e. The van der Waals surface area contributed by atoms with E-state index in [0.717, 1.165) is 22.0 Å². The number of hydrogen-bond donors (Lipinski definition) is 1. The van der Waals surface area contributed by atoms with Crippen molar-refractivity contribution in [2.75, 3.05) is 44.6 Å². The second-order valence-electron chi connectivity index (χ2n) is 9.93. The molecule has 0 radical (unpaired) electrons. The molecule has 1 N–H and O–H groups in total. The van der Waals surface area contributed by atoms with E-state index in [9.17, 15) is 26.7 Å². The summed E-state index contributed by atoms with van der Waals surface area (Å²) in [6.07, 6.45) is -4.56. The van der Waals surface area contributed by atoms with E-state index in [1.807, 2.05) is 20.8 Å². The van der Waals surface area contributed by atoms with Crippen LogP contribution in [0.3, 0.4) is 0 Å². The molecule has 40 heavy (non-hydrogen) atoms. The Morgan fingerprint density at radius 1 is 0.950 bits per heavy atom. The topological polar surface area (TPSA) is 103 Å². The molecule has 0 atom stereocenters. The van der Waals surface area contributed by atoms with Gasteiger partial charge < -0.3 is 19.3 Å². The van der Waals surface area contributed by atoms with Gasteiger partial charge in [-0.3, -0.25) is 0 Å². The first kappa shape index (κ1) is 31.4. The Bertz CT molecular complexity index is 1370. The first-order valence-corrected chi connectivity index (χ1v) is 13.8. The number of sulfonamides is 1. The van der Waals surface area contributed by atoms with Crippen molar-refractivity contribution in [2.45, 2.75) is 37.3 Å². The third-order valence-electron chi connectivity index (χ3n) is 6.00. The fourth-order valence-corrected chi connectivity index (χ4v) is 5.27. The summed E-state index contributed by atoms with van der Waals surface area (Å²) in [5.41, 5.74) is 0.201. The average molecular weight is 586 g/mol. The maximum absolute atomic E-state index is 14.0. The highest BCUT2D eigenvalue weighted by atomic mass is 32.2. The van der Waals surface area contributed by atoms with Crippen molar-refractivity contribution < 1.29 is 40.9 Å². The van der Waals surface area contributed by atoms with Crippen molar-refractivity contribution in [3.8, 4) is 17.0 Å². The van der Waals surface area contributed by atoms with Crippen molar-refractivity contribution >= 4 is 15.8 Å². The van der Waals surface area contributed by atoms with Crippen LogP contribution in [0.1, 0.15) is 31.9 Å². The molecule has 0 saturated heterocycles. The number of aliphatic hydroxyl groups is 1. The summed E-state index contributed by atoms with van der Waals surface area (Å²) in [5.74, 6) is -0.0588. The minimum Gasteiger partial charge on any atom is -0.474 e. The number of aromatic nitrogens is 2. The highest BCUT2D eigenvalue weighted by Crippen LogP contribution is 2.42. The van der Waals surface area contributed by atoms with E-state index in [2.05, 4.69) is 5.10 Å². The van der Waals surface area contributed by atoms with E-state index < -0.39 is 28.5 Å². The van der Waals surface area contributed by atoms with Gasteiger partial charge in [0.1, 0.15) is 13.3 Å². The number of methoxy groups -OCH3 is 1. The summed E-state index contributed by atoms with van der Waals surface area (Å²) >= 11 is 0. The third-order valence-corrected chi connectivity index (χ3v) is 7.73. The number of aliphatic hydroxyl groups excluding tert-OH is 1. The highest BCUT2D eigenvalue weighted by Gasteiger charge is 2.34. The molecular weight excluding hydrogens is 551 g/mol. The number of anilines is 1. The Hall–Kier alpha value is -3.13. The lowest BCUT2D eigenvalue weighted by atomic mass is 9.87. The van der Waals surface area contributed by atoms with Gasteiger partial charge in [-0.05, 0) is 40.8 Å². The number of ether oxygens (including phenoxy) is 3. The number of benzene rings is 2. The van der Waals surface area contributed by atoms with E-state index >= 15 is 0 Å². The van der Waals surface area contributed by atoms with Gasteiger partial charge in [-0.25, -0.2) is 17.4 Å². The Balaban J connectivity index is 2.20. The summed E-state index contributed by atoms with van der Waals surface area (Å²) in [7, 11) is -1.32. The molecule has 3 rings (SSSR count). The lowest BCUT2D eigenvalue weighted by Crippen LogP contribution is -2.35. The number of nitrogens with zero attached hydrogens (tertiary/aromatic N) is 3. The van der Waals surface area contributed by atoms with Crippen molar-refractivity contribution in [3.63, 3.8) is 0 Å². The van der Waals surface area contributed by atoms with Crippen molar-refractivity contribution in [1.29, 1.82) is 0 Å². The predicted octanol–water partition coefficient (Wildman–Crippen LogP) is 4.59. The molecule has 0 saturated carbocycles. The molecule has 0 spiro atoms. The first-order chi connectivity index (χ1) is 18.7. The van der Waals surface area contributed by atoms with Crippen molar-refractivity contribution in [2.24, 2.45) is 7.05 Å². The van der Waals surface area contributed by atoms with Crippen LogP contribution >= 0.6 is 0 Å². The number of hydrogen-bond acceptors (Lipinski definition) is 7. The van der Waals surface area contributed by atoms with Crippen molar-refractivity contribution in [3.05, 3.63) is 59.7 Å². The Morgan fingerprint density at radius 3 is 2.08 bits per heavy atom. The van der Waals surface area contributed by atoms with E-state index in [1.54, 1.807) is 12.1 Å². The summed E-state index contributed by atoms with van der Waals surface area (Å²) in [6.45, 7) is 5.32. The van der Waals surface area contributed by atoms with Crippen LogP contribution in [0.2, 0.25) is 0 Å². The van der Waals surface area contributed by atoms with Crippen LogP contribution in [0.4, 0.5) is 19.0 Å². The van der Waals surface area contributed by atoms with Crippen molar-refractivity contribution in [1.82, 2.24) is 9.78 Å². The molecule has 0 fully saturated rings. The third kappa shape index (κ3) is 7.14. The molecule has 2 aromatic carbocycles. The average Bonchev–Trinajstić information content (AvgIpc) is 3.21. The molecule has 220 valence electrons. The van der Waals surface area contributed by atoms with Gasteiger partial charge in [0.15, 0.2) is 5.82 Å². The van der Waals surface area contributed by atoms with Gasteiger partial charge in [-0.2, -0.15) is 13.2 Å². The quantitative estimate of drug-likeness (QED) is 0.245. The largest absolute Gasteiger partial charge is 0.474 e. The zero-order valence-electron chi connectivity index (χ0n) is 23.0. The fourth-order valence-electron chi connectivity index (χ4n) is 3.89. The summed E-state index contributed by atoms with van der Waals surface area (Å²) < 4.78 is 86.3. The molecule has 13 heteroatoms. The van der Waals surface area contributed by atoms with Crippen LogP contribution in [0.5, 0.6) is 5.88 Å².